The highest BCUT2D eigenvalue weighted by atomic mass is 16.2. The third-order valence-corrected chi connectivity index (χ3v) is 4.09. The highest BCUT2D eigenvalue weighted by Gasteiger charge is 2.34. The van der Waals surface area contributed by atoms with Crippen molar-refractivity contribution in [2.45, 2.75) is 32.2 Å². The monoisotopic (exact) mass is 244 g/mol. The van der Waals surface area contributed by atoms with Crippen LogP contribution in [0.15, 0.2) is 24.3 Å². The number of rotatable bonds is 1. The average Bonchev–Trinajstić information content (AvgIpc) is 2.75. The fourth-order valence-electron chi connectivity index (χ4n) is 3.16. The zero-order chi connectivity index (χ0) is 12.5. The minimum atomic E-state index is 0.160. The van der Waals surface area contributed by atoms with Gasteiger partial charge in [-0.1, -0.05) is 18.2 Å². The van der Waals surface area contributed by atoms with Crippen LogP contribution in [0.25, 0.3) is 0 Å². The van der Waals surface area contributed by atoms with Gasteiger partial charge in [0.15, 0.2) is 0 Å². The first-order chi connectivity index (χ1) is 8.77. The van der Waals surface area contributed by atoms with Crippen LogP contribution in [0.2, 0.25) is 0 Å². The van der Waals surface area contributed by atoms with Gasteiger partial charge in [0, 0.05) is 18.3 Å². The van der Waals surface area contributed by atoms with Crippen LogP contribution in [0, 0.1) is 5.92 Å². The number of anilines is 1. The summed E-state index contributed by atoms with van der Waals surface area (Å²) in [5.41, 5.74) is 2.43. The van der Waals surface area contributed by atoms with E-state index >= 15 is 0 Å². The van der Waals surface area contributed by atoms with Crippen molar-refractivity contribution in [3.05, 3.63) is 29.8 Å². The summed E-state index contributed by atoms with van der Waals surface area (Å²) >= 11 is 0. The Balaban J connectivity index is 1.85. The molecule has 2 aliphatic heterocycles. The third kappa shape index (κ3) is 1.93. The second-order valence-electron chi connectivity index (χ2n) is 5.43. The molecule has 1 aromatic rings. The van der Waals surface area contributed by atoms with Gasteiger partial charge in [0.1, 0.15) is 0 Å². The molecule has 1 amide bonds. The fourth-order valence-corrected chi connectivity index (χ4v) is 3.16. The molecule has 0 radical (unpaired) electrons. The summed E-state index contributed by atoms with van der Waals surface area (Å²) in [6, 6.07) is 8.60. The predicted molar refractivity (Wildman–Crippen MR) is 72.7 cm³/mol. The van der Waals surface area contributed by atoms with E-state index < -0.39 is 0 Å². The molecule has 0 saturated carbocycles. The molecular weight excluding hydrogens is 224 g/mol. The minimum Gasteiger partial charge on any atom is -0.316 e. The number of amides is 1. The standard InChI is InChI=1S/C15H20N2O/c1-11-9-12-5-2-3-7-14(12)17(11)15(18)13-6-4-8-16-10-13/h2-3,5,7,11,13,16H,4,6,8-10H2,1H3/t11?,13-/m1/s1. The maximum Gasteiger partial charge on any atom is 0.231 e. The Morgan fingerprint density at radius 3 is 3.00 bits per heavy atom. The molecule has 1 aromatic carbocycles. The first-order valence-corrected chi connectivity index (χ1v) is 6.89. The molecule has 2 atom stereocenters. The number of carbonyl (C=O) groups is 1. The van der Waals surface area contributed by atoms with Crippen LogP contribution in [0.3, 0.4) is 0 Å². The topological polar surface area (TPSA) is 32.3 Å². The summed E-state index contributed by atoms with van der Waals surface area (Å²) < 4.78 is 0. The molecule has 0 spiro atoms. The molecule has 1 N–H and O–H groups in total. The fraction of sp³-hybridized carbons (Fsp3) is 0.533. The Morgan fingerprint density at radius 2 is 2.22 bits per heavy atom. The van der Waals surface area contributed by atoms with Crippen LogP contribution in [0.1, 0.15) is 25.3 Å². The number of para-hydroxylation sites is 1. The van der Waals surface area contributed by atoms with Gasteiger partial charge in [-0.25, -0.2) is 0 Å². The van der Waals surface area contributed by atoms with Crippen LogP contribution in [0.4, 0.5) is 5.69 Å². The first kappa shape index (κ1) is 11.7. The van der Waals surface area contributed by atoms with Crippen molar-refractivity contribution >= 4 is 11.6 Å². The number of benzene rings is 1. The summed E-state index contributed by atoms with van der Waals surface area (Å²) in [4.78, 5) is 14.7. The molecule has 96 valence electrons. The number of fused-ring (bicyclic) bond motifs is 1. The molecule has 1 saturated heterocycles. The van der Waals surface area contributed by atoms with Gasteiger partial charge < -0.3 is 10.2 Å². The quantitative estimate of drug-likeness (QED) is 0.819. The van der Waals surface area contributed by atoms with Crippen molar-refractivity contribution in [1.29, 1.82) is 0 Å². The summed E-state index contributed by atoms with van der Waals surface area (Å²) in [5, 5.41) is 3.33. The van der Waals surface area contributed by atoms with E-state index in [9.17, 15) is 4.79 Å². The van der Waals surface area contributed by atoms with E-state index in [1.165, 1.54) is 5.56 Å². The molecule has 0 bridgehead atoms. The smallest absolute Gasteiger partial charge is 0.231 e. The van der Waals surface area contributed by atoms with Gasteiger partial charge in [0.25, 0.3) is 0 Å². The van der Waals surface area contributed by atoms with Gasteiger partial charge in [-0.3, -0.25) is 4.79 Å². The van der Waals surface area contributed by atoms with Gasteiger partial charge in [0.2, 0.25) is 5.91 Å². The van der Waals surface area contributed by atoms with Gasteiger partial charge in [0.05, 0.1) is 5.92 Å². The van der Waals surface area contributed by atoms with Crippen molar-refractivity contribution in [3.63, 3.8) is 0 Å². The van der Waals surface area contributed by atoms with E-state index in [1.807, 2.05) is 11.0 Å². The van der Waals surface area contributed by atoms with Crippen LogP contribution in [-0.2, 0) is 11.2 Å². The molecule has 18 heavy (non-hydrogen) atoms. The van der Waals surface area contributed by atoms with Crippen molar-refractivity contribution in [3.8, 4) is 0 Å². The number of piperidine rings is 1. The van der Waals surface area contributed by atoms with E-state index in [4.69, 9.17) is 0 Å². The maximum atomic E-state index is 12.7. The first-order valence-electron chi connectivity index (χ1n) is 6.89. The van der Waals surface area contributed by atoms with E-state index in [1.54, 1.807) is 0 Å². The normalized spacial score (nSPS) is 27.1. The van der Waals surface area contributed by atoms with E-state index in [0.29, 0.717) is 11.9 Å². The molecule has 3 nitrogen and oxygen atoms in total. The van der Waals surface area contributed by atoms with Crippen LogP contribution >= 0.6 is 0 Å². The Labute approximate surface area is 108 Å². The zero-order valence-corrected chi connectivity index (χ0v) is 10.9. The van der Waals surface area contributed by atoms with Gasteiger partial charge in [-0.05, 0) is 44.4 Å². The lowest BCUT2D eigenvalue weighted by molar-refractivity contribution is -0.123. The lowest BCUT2D eigenvalue weighted by atomic mass is 9.97. The molecule has 0 aliphatic carbocycles. The Bertz CT molecular complexity index is 452. The Morgan fingerprint density at radius 1 is 1.39 bits per heavy atom. The SMILES string of the molecule is CC1Cc2ccccc2N1C(=O)[C@@H]1CCCNC1. The molecule has 0 aromatic heterocycles. The summed E-state index contributed by atoms with van der Waals surface area (Å²) in [6.45, 7) is 4.04. The average molecular weight is 244 g/mol. The highest BCUT2D eigenvalue weighted by Crippen LogP contribution is 2.33. The van der Waals surface area contributed by atoms with E-state index in [-0.39, 0.29) is 5.92 Å². The highest BCUT2D eigenvalue weighted by molar-refractivity contribution is 5.97. The molecule has 1 unspecified atom stereocenters. The number of carbonyl (C=O) groups excluding carboxylic acids is 1. The summed E-state index contributed by atoms with van der Waals surface area (Å²) in [5.74, 6) is 0.465. The number of nitrogens with one attached hydrogen (secondary N) is 1. The molecular formula is C15H20N2O. The van der Waals surface area contributed by atoms with E-state index in [2.05, 4.69) is 30.4 Å². The number of nitrogens with zero attached hydrogens (tertiary/aromatic N) is 1. The van der Waals surface area contributed by atoms with Crippen molar-refractivity contribution in [2.24, 2.45) is 5.92 Å². The van der Waals surface area contributed by atoms with Gasteiger partial charge >= 0.3 is 0 Å². The van der Waals surface area contributed by atoms with Gasteiger partial charge in [-0.15, -0.1) is 0 Å². The van der Waals surface area contributed by atoms with Gasteiger partial charge in [-0.2, -0.15) is 0 Å². The summed E-state index contributed by atoms with van der Waals surface area (Å²) in [7, 11) is 0. The minimum absolute atomic E-state index is 0.160. The van der Waals surface area contributed by atoms with Crippen LogP contribution in [-0.4, -0.2) is 25.0 Å². The van der Waals surface area contributed by atoms with Crippen molar-refractivity contribution in [2.75, 3.05) is 18.0 Å². The number of hydrogen-bond donors (Lipinski definition) is 1. The maximum absolute atomic E-state index is 12.7. The zero-order valence-electron chi connectivity index (χ0n) is 10.9. The Hall–Kier alpha value is -1.35. The summed E-state index contributed by atoms with van der Waals surface area (Å²) in [6.07, 6.45) is 3.12. The second-order valence-corrected chi connectivity index (χ2v) is 5.43. The second kappa shape index (κ2) is 4.73. The molecule has 2 aliphatic rings. The van der Waals surface area contributed by atoms with Crippen LogP contribution in [0.5, 0.6) is 0 Å². The molecule has 3 heteroatoms. The molecule has 2 heterocycles. The molecule has 1 fully saturated rings. The predicted octanol–water partition coefficient (Wildman–Crippen LogP) is 1.96. The van der Waals surface area contributed by atoms with Crippen LogP contribution < -0.4 is 10.2 Å². The lowest BCUT2D eigenvalue weighted by Crippen LogP contribution is -2.45. The third-order valence-electron chi connectivity index (χ3n) is 4.09. The molecule has 3 rings (SSSR count). The van der Waals surface area contributed by atoms with Crippen molar-refractivity contribution in [1.82, 2.24) is 5.32 Å². The number of hydrogen-bond acceptors (Lipinski definition) is 2. The lowest BCUT2D eigenvalue weighted by Gasteiger charge is -2.30. The van der Waals surface area contributed by atoms with E-state index in [0.717, 1.165) is 38.0 Å². The van der Waals surface area contributed by atoms with Crippen molar-refractivity contribution < 1.29 is 4.79 Å². The Kier molecular flexibility index (Phi) is 3.08. The largest absolute Gasteiger partial charge is 0.316 e.